The molecule has 0 aliphatic carbocycles. The normalized spacial score (nSPS) is 10.3. The Morgan fingerprint density at radius 3 is 2.50 bits per heavy atom. The van der Waals surface area contributed by atoms with Crippen LogP contribution in [0.5, 0.6) is 0 Å². The van der Waals surface area contributed by atoms with Gasteiger partial charge in [0.05, 0.1) is 11.3 Å². The topological polar surface area (TPSA) is 89.1 Å². The predicted molar refractivity (Wildman–Crippen MR) is 68.2 cm³/mol. The Morgan fingerprint density at radius 2 is 1.94 bits per heavy atom. The minimum absolute atomic E-state index is 0.228. The van der Waals surface area contributed by atoms with Crippen LogP contribution >= 0.6 is 0 Å². The van der Waals surface area contributed by atoms with Gasteiger partial charge in [0.1, 0.15) is 0 Å². The highest BCUT2D eigenvalue weighted by molar-refractivity contribution is 5.88. The monoisotopic (exact) mass is 243 g/mol. The van der Waals surface area contributed by atoms with E-state index in [1.54, 1.807) is 24.3 Å². The number of nitrogens with two attached hydrogens (primary N) is 1. The van der Waals surface area contributed by atoms with Crippen LogP contribution < -0.4 is 5.73 Å². The third-order valence-corrected chi connectivity index (χ3v) is 2.59. The second-order valence-electron chi connectivity index (χ2n) is 3.84. The maximum Gasteiger partial charge on any atom is 0.335 e. The molecule has 92 valence electrons. The van der Waals surface area contributed by atoms with E-state index in [1.807, 2.05) is 13.0 Å². The van der Waals surface area contributed by atoms with Crippen molar-refractivity contribution in [2.75, 3.05) is 5.73 Å². The fourth-order valence-corrected chi connectivity index (χ4v) is 1.63. The zero-order chi connectivity index (χ0) is 13.1. The van der Waals surface area contributed by atoms with Gasteiger partial charge in [0.25, 0.3) is 0 Å². The quantitative estimate of drug-likeness (QED) is 0.860. The number of benzene rings is 1. The molecule has 3 N–H and O–H groups in total. The smallest absolute Gasteiger partial charge is 0.335 e. The van der Waals surface area contributed by atoms with Crippen molar-refractivity contribution in [3.8, 4) is 11.3 Å². The van der Waals surface area contributed by atoms with E-state index in [2.05, 4.69) is 9.97 Å². The third-order valence-electron chi connectivity index (χ3n) is 2.59. The molecule has 1 aromatic heterocycles. The minimum Gasteiger partial charge on any atom is -0.478 e. The van der Waals surface area contributed by atoms with Crippen molar-refractivity contribution in [1.82, 2.24) is 9.97 Å². The van der Waals surface area contributed by atoms with Gasteiger partial charge in [-0.1, -0.05) is 19.1 Å². The molecule has 0 spiro atoms. The number of nitrogen functional groups attached to an aromatic ring is 1. The van der Waals surface area contributed by atoms with Crippen molar-refractivity contribution in [1.29, 1.82) is 0 Å². The van der Waals surface area contributed by atoms with Crippen LogP contribution in [-0.2, 0) is 6.42 Å². The fraction of sp³-hybridized carbons (Fsp3) is 0.154. The summed E-state index contributed by atoms with van der Waals surface area (Å²) in [6.07, 6.45) is 0.771. The van der Waals surface area contributed by atoms with Gasteiger partial charge in [-0.05, 0) is 24.6 Å². The average molecular weight is 243 g/mol. The Bertz CT molecular complexity index is 579. The van der Waals surface area contributed by atoms with Crippen LogP contribution in [0.3, 0.4) is 0 Å². The molecule has 2 aromatic rings. The number of carboxylic acid groups (broad SMARTS) is 1. The number of rotatable bonds is 3. The molecule has 0 fully saturated rings. The summed E-state index contributed by atoms with van der Waals surface area (Å²) in [7, 11) is 0. The first-order valence-electron chi connectivity index (χ1n) is 5.57. The lowest BCUT2D eigenvalue weighted by Crippen LogP contribution is -2.00. The molecule has 1 aromatic carbocycles. The average Bonchev–Trinajstić information content (AvgIpc) is 2.38. The number of hydrogen-bond acceptors (Lipinski definition) is 4. The molecule has 0 amide bonds. The van der Waals surface area contributed by atoms with E-state index in [0.29, 0.717) is 5.69 Å². The highest BCUT2D eigenvalue weighted by Gasteiger charge is 2.06. The molecule has 5 nitrogen and oxygen atoms in total. The van der Waals surface area contributed by atoms with Crippen LogP contribution in [0.15, 0.2) is 30.3 Å². The lowest BCUT2D eigenvalue weighted by Gasteiger charge is -2.05. The van der Waals surface area contributed by atoms with E-state index in [1.165, 1.54) is 0 Å². The Balaban J connectivity index is 2.42. The summed E-state index contributed by atoms with van der Waals surface area (Å²) in [4.78, 5) is 19.0. The van der Waals surface area contributed by atoms with Crippen LogP contribution in [0.2, 0.25) is 0 Å². The Morgan fingerprint density at radius 1 is 1.28 bits per heavy atom. The molecule has 0 bridgehead atoms. The molecule has 0 aliphatic rings. The molecule has 0 aliphatic heterocycles. The lowest BCUT2D eigenvalue weighted by molar-refractivity contribution is 0.0697. The first-order valence-corrected chi connectivity index (χ1v) is 5.57. The largest absolute Gasteiger partial charge is 0.478 e. The molecule has 5 heteroatoms. The molecule has 0 radical (unpaired) electrons. The SMILES string of the molecule is CCc1cc(-c2ccc(C(=O)O)cc2)nc(N)n1. The number of carboxylic acids is 1. The van der Waals surface area contributed by atoms with E-state index < -0.39 is 5.97 Å². The second-order valence-corrected chi connectivity index (χ2v) is 3.84. The molecule has 18 heavy (non-hydrogen) atoms. The van der Waals surface area contributed by atoms with Gasteiger partial charge in [0.15, 0.2) is 0 Å². The van der Waals surface area contributed by atoms with E-state index in [0.717, 1.165) is 17.7 Å². The van der Waals surface area contributed by atoms with Crippen molar-refractivity contribution >= 4 is 11.9 Å². The number of aromatic carboxylic acids is 1. The van der Waals surface area contributed by atoms with Crippen molar-refractivity contribution in [2.24, 2.45) is 0 Å². The molecule has 0 atom stereocenters. The van der Waals surface area contributed by atoms with Crippen molar-refractivity contribution in [3.05, 3.63) is 41.6 Å². The number of carbonyl (C=O) groups is 1. The van der Waals surface area contributed by atoms with Crippen LogP contribution in [0.4, 0.5) is 5.95 Å². The number of anilines is 1. The van der Waals surface area contributed by atoms with Crippen LogP contribution in [0.1, 0.15) is 23.0 Å². The molecule has 1 heterocycles. The molecular formula is C13H13N3O2. The number of hydrogen-bond donors (Lipinski definition) is 2. The van der Waals surface area contributed by atoms with E-state index in [4.69, 9.17) is 10.8 Å². The number of aryl methyl sites for hydroxylation is 1. The van der Waals surface area contributed by atoms with E-state index in [9.17, 15) is 4.79 Å². The third kappa shape index (κ3) is 2.45. The minimum atomic E-state index is -0.946. The van der Waals surface area contributed by atoms with Gasteiger partial charge in [-0.25, -0.2) is 14.8 Å². The maximum absolute atomic E-state index is 10.8. The summed E-state index contributed by atoms with van der Waals surface area (Å²) in [6.45, 7) is 1.99. The molecule has 0 unspecified atom stereocenters. The van der Waals surface area contributed by atoms with E-state index >= 15 is 0 Å². The highest BCUT2D eigenvalue weighted by Crippen LogP contribution is 2.19. The van der Waals surface area contributed by atoms with Gasteiger partial charge >= 0.3 is 5.97 Å². The Kier molecular flexibility index (Phi) is 3.23. The van der Waals surface area contributed by atoms with Gasteiger partial charge in [-0.2, -0.15) is 0 Å². The summed E-state index contributed by atoms with van der Waals surface area (Å²) in [5, 5.41) is 8.83. The molecule has 0 saturated carbocycles. The Labute approximate surface area is 104 Å². The van der Waals surface area contributed by atoms with Gasteiger partial charge in [0.2, 0.25) is 5.95 Å². The first-order chi connectivity index (χ1) is 8.60. The summed E-state index contributed by atoms with van der Waals surface area (Å²) in [5.74, 6) is -0.718. The second kappa shape index (κ2) is 4.83. The Hall–Kier alpha value is -2.43. The number of nitrogens with zero attached hydrogens (tertiary/aromatic N) is 2. The predicted octanol–water partition coefficient (Wildman–Crippen LogP) is 1.99. The van der Waals surface area contributed by atoms with Crippen molar-refractivity contribution in [3.63, 3.8) is 0 Å². The van der Waals surface area contributed by atoms with Gasteiger partial charge in [-0.15, -0.1) is 0 Å². The van der Waals surface area contributed by atoms with E-state index in [-0.39, 0.29) is 11.5 Å². The summed E-state index contributed by atoms with van der Waals surface area (Å²) in [6, 6.07) is 8.37. The lowest BCUT2D eigenvalue weighted by atomic mass is 10.1. The van der Waals surface area contributed by atoms with Gasteiger partial charge in [-0.3, -0.25) is 0 Å². The van der Waals surface area contributed by atoms with Crippen LogP contribution in [-0.4, -0.2) is 21.0 Å². The summed E-state index contributed by atoms with van der Waals surface area (Å²) < 4.78 is 0. The van der Waals surface area contributed by atoms with Crippen molar-refractivity contribution in [2.45, 2.75) is 13.3 Å². The molecular weight excluding hydrogens is 230 g/mol. The summed E-state index contributed by atoms with van der Waals surface area (Å²) >= 11 is 0. The zero-order valence-electron chi connectivity index (χ0n) is 9.92. The van der Waals surface area contributed by atoms with Gasteiger partial charge in [0, 0.05) is 11.3 Å². The zero-order valence-corrected chi connectivity index (χ0v) is 9.92. The highest BCUT2D eigenvalue weighted by atomic mass is 16.4. The standard InChI is InChI=1S/C13H13N3O2/c1-2-10-7-11(16-13(14)15-10)8-3-5-9(6-4-8)12(17)18/h3-7H,2H2,1H3,(H,17,18)(H2,14,15,16). The van der Waals surface area contributed by atoms with Gasteiger partial charge < -0.3 is 10.8 Å². The first kappa shape index (κ1) is 12.0. The number of aromatic nitrogens is 2. The van der Waals surface area contributed by atoms with Crippen LogP contribution in [0, 0.1) is 0 Å². The maximum atomic E-state index is 10.8. The summed E-state index contributed by atoms with van der Waals surface area (Å²) in [5.41, 5.74) is 8.27. The fourth-order valence-electron chi connectivity index (χ4n) is 1.63. The van der Waals surface area contributed by atoms with Crippen molar-refractivity contribution < 1.29 is 9.90 Å². The molecule has 2 rings (SSSR count). The molecule has 0 saturated heterocycles. The van der Waals surface area contributed by atoms with Crippen LogP contribution in [0.25, 0.3) is 11.3 Å².